The van der Waals surface area contributed by atoms with E-state index >= 15 is 0 Å². The molecule has 0 radical (unpaired) electrons. The number of nitro benzene ring substituents is 2. The SMILES string of the molecule is COc1ccc(/C(Cc2c([N+](=O)[O-])cc(C(F)(F)F)cc2[N+](=O)[O-])=N\N)cc1CC#N. The molecule has 10 nitrogen and oxygen atoms in total. The van der Waals surface area contributed by atoms with Crippen molar-refractivity contribution in [3.05, 3.63) is 72.8 Å². The van der Waals surface area contributed by atoms with Crippen LogP contribution in [-0.4, -0.2) is 22.7 Å². The summed E-state index contributed by atoms with van der Waals surface area (Å²) >= 11 is 0. The molecular weight excluding hydrogens is 423 g/mol. The van der Waals surface area contributed by atoms with Gasteiger partial charge in [-0.3, -0.25) is 20.2 Å². The van der Waals surface area contributed by atoms with E-state index in [0.29, 0.717) is 11.3 Å². The number of alkyl halides is 3. The molecule has 0 aliphatic carbocycles. The van der Waals surface area contributed by atoms with Crippen molar-refractivity contribution in [1.82, 2.24) is 0 Å². The molecule has 0 spiro atoms. The Kier molecular flexibility index (Phi) is 6.75. The number of halogens is 3. The third-order valence-corrected chi connectivity index (χ3v) is 4.31. The van der Waals surface area contributed by atoms with E-state index < -0.39 is 44.9 Å². The number of hydrogen-bond acceptors (Lipinski definition) is 8. The van der Waals surface area contributed by atoms with E-state index in [2.05, 4.69) is 5.10 Å². The number of hydrazone groups is 1. The number of ether oxygens (including phenoxy) is 1. The van der Waals surface area contributed by atoms with Gasteiger partial charge in [-0.25, -0.2) is 0 Å². The normalized spacial score (nSPS) is 11.6. The van der Waals surface area contributed by atoms with E-state index in [0.717, 1.165) is 0 Å². The maximum atomic E-state index is 13.1. The average molecular weight is 437 g/mol. The lowest BCUT2D eigenvalue weighted by molar-refractivity contribution is -0.395. The predicted molar refractivity (Wildman–Crippen MR) is 101 cm³/mol. The Morgan fingerprint density at radius 1 is 1.19 bits per heavy atom. The molecule has 13 heteroatoms. The fourth-order valence-electron chi connectivity index (χ4n) is 2.88. The minimum atomic E-state index is -5.03. The quantitative estimate of drug-likeness (QED) is 0.300. The zero-order valence-electron chi connectivity index (χ0n) is 15.8. The van der Waals surface area contributed by atoms with E-state index in [1.807, 2.05) is 6.07 Å². The van der Waals surface area contributed by atoms with Gasteiger partial charge in [0.15, 0.2) is 0 Å². The van der Waals surface area contributed by atoms with Crippen LogP contribution in [0.2, 0.25) is 0 Å². The summed E-state index contributed by atoms with van der Waals surface area (Å²) in [6.45, 7) is 0. The highest BCUT2D eigenvalue weighted by molar-refractivity contribution is 6.03. The summed E-state index contributed by atoms with van der Waals surface area (Å²) in [6, 6.07) is 6.76. The molecule has 0 heterocycles. The summed E-state index contributed by atoms with van der Waals surface area (Å²) in [5.41, 5.74) is -3.68. The van der Waals surface area contributed by atoms with E-state index in [9.17, 15) is 33.4 Å². The highest BCUT2D eigenvalue weighted by atomic mass is 19.4. The molecule has 0 atom stereocenters. The molecule has 0 aliphatic heterocycles. The van der Waals surface area contributed by atoms with Crippen molar-refractivity contribution >= 4 is 17.1 Å². The van der Waals surface area contributed by atoms with Gasteiger partial charge in [0.05, 0.1) is 40.7 Å². The Morgan fingerprint density at radius 3 is 2.19 bits per heavy atom. The molecule has 0 unspecified atom stereocenters. The van der Waals surface area contributed by atoms with Crippen LogP contribution in [0.25, 0.3) is 0 Å². The zero-order valence-corrected chi connectivity index (χ0v) is 15.8. The van der Waals surface area contributed by atoms with Gasteiger partial charge in [0.25, 0.3) is 11.4 Å². The summed E-state index contributed by atoms with van der Waals surface area (Å²) in [6.07, 6.45) is -5.68. The van der Waals surface area contributed by atoms with Gasteiger partial charge in [-0.2, -0.15) is 23.5 Å². The van der Waals surface area contributed by atoms with Crippen LogP contribution < -0.4 is 10.6 Å². The molecule has 0 aromatic heterocycles. The van der Waals surface area contributed by atoms with Gasteiger partial charge < -0.3 is 10.6 Å². The molecule has 162 valence electrons. The van der Waals surface area contributed by atoms with Crippen molar-refractivity contribution in [1.29, 1.82) is 5.26 Å². The summed E-state index contributed by atoms with van der Waals surface area (Å²) in [5.74, 6) is 5.74. The first-order valence-corrected chi connectivity index (χ1v) is 8.37. The van der Waals surface area contributed by atoms with Crippen LogP contribution >= 0.6 is 0 Å². The largest absolute Gasteiger partial charge is 0.496 e. The first kappa shape index (κ1) is 23.1. The van der Waals surface area contributed by atoms with Crippen LogP contribution in [-0.2, 0) is 19.0 Å². The molecule has 0 bridgehead atoms. The van der Waals surface area contributed by atoms with Crippen LogP contribution in [0.4, 0.5) is 24.5 Å². The second kappa shape index (κ2) is 9.08. The van der Waals surface area contributed by atoms with E-state index in [4.69, 9.17) is 15.8 Å². The number of nitro groups is 2. The molecule has 2 aromatic carbocycles. The topological polar surface area (TPSA) is 158 Å². The number of methoxy groups -OCH3 is 1. The molecule has 0 saturated carbocycles. The molecule has 0 amide bonds. The van der Waals surface area contributed by atoms with Crippen LogP contribution in [0.15, 0.2) is 35.4 Å². The van der Waals surface area contributed by atoms with Gasteiger partial charge in [0.2, 0.25) is 0 Å². The molecule has 2 N–H and O–H groups in total. The van der Waals surface area contributed by atoms with E-state index in [1.54, 1.807) is 0 Å². The van der Waals surface area contributed by atoms with Crippen LogP contribution in [0.3, 0.4) is 0 Å². The highest BCUT2D eigenvalue weighted by Crippen LogP contribution is 2.38. The number of benzene rings is 2. The Morgan fingerprint density at radius 2 is 1.77 bits per heavy atom. The summed E-state index contributed by atoms with van der Waals surface area (Å²) in [5, 5.41) is 35.2. The van der Waals surface area contributed by atoms with Crippen molar-refractivity contribution in [2.24, 2.45) is 10.9 Å². The zero-order chi connectivity index (χ0) is 23.3. The van der Waals surface area contributed by atoms with Crippen molar-refractivity contribution in [3.63, 3.8) is 0 Å². The van der Waals surface area contributed by atoms with Crippen LogP contribution in [0, 0.1) is 31.6 Å². The van der Waals surface area contributed by atoms with E-state index in [1.165, 1.54) is 25.3 Å². The minimum absolute atomic E-state index is 0.0601. The molecule has 0 aliphatic rings. The van der Waals surface area contributed by atoms with Gasteiger partial charge >= 0.3 is 6.18 Å². The maximum absolute atomic E-state index is 13.1. The molecular formula is C18H14F3N5O5. The lowest BCUT2D eigenvalue weighted by atomic mass is 9.96. The fourth-order valence-corrected chi connectivity index (χ4v) is 2.88. The Labute approximate surface area is 172 Å². The first-order chi connectivity index (χ1) is 14.5. The average Bonchev–Trinajstić information content (AvgIpc) is 2.70. The minimum Gasteiger partial charge on any atom is -0.496 e. The maximum Gasteiger partial charge on any atom is 0.416 e. The fraction of sp³-hybridized carbons (Fsp3) is 0.222. The second-order valence-electron chi connectivity index (χ2n) is 6.12. The molecule has 0 saturated heterocycles. The van der Waals surface area contributed by atoms with Crippen molar-refractivity contribution in [2.45, 2.75) is 19.0 Å². The second-order valence-corrected chi connectivity index (χ2v) is 6.12. The number of rotatable bonds is 7. The molecule has 31 heavy (non-hydrogen) atoms. The van der Waals surface area contributed by atoms with Gasteiger partial charge in [-0.1, -0.05) is 0 Å². The number of hydrogen-bond donors (Lipinski definition) is 1. The molecule has 2 aromatic rings. The number of nitrogens with two attached hydrogens (primary N) is 1. The highest BCUT2D eigenvalue weighted by Gasteiger charge is 2.37. The van der Waals surface area contributed by atoms with Crippen molar-refractivity contribution < 1.29 is 27.8 Å². The standard InChI is InChI=1S/C18H14F3N5O5/c1-31-17-3-2-10(6-11(17)4-5-22)14(24-23)9-13-15(25(27)28)7-12(18(19,20)21)8-16(13)26(29)30/h2-3,6-8H,4,9,23H2,1H3/b24-14-. The lowest BCUT2D eigenvalue weighted by Crippen LogP contribution is -2.14. The van der Waals surface area contributed by atoms with Gasteiger partial charge in [0.1, 0.15) is 11.3 Å². The van der Waals surface area contributed by atoms with E-state index in [-0.39, 0.29) is 29.8 Å². The van der Waals surface area contributed by atoms with Crippen LogP contribution in [0.5, 0.6) is 5.75 Å². The third-order valence-electron chi connectivity index (χ3n) is 4.31. The predicted octanol–water partition coefficient (Wildman–Crippen LogP) is 3.50. The van der Waals surface area contributed by atoms with Crippen molar-refractivity contribution in [2.75, 3.05) is 7.11 Å². The van der Waals surface area contributed by atoms with Gasteiger partial charge in [-0.15, -0.1) is 0 Å². The summed E-state index contributed by atoms with van der Waals surface area (Å²) in [7, 11) is 1.38. The van der Waals surface area contributed by atoms with Gasteiger partial charge in [0, 0.05) is 24.1 Å². The lowest BCUT2D eigenvalue weighted by Gasteiger charge is -2.12. The number of nitriles is 1. The van der Waals surface area contributed by atoms with Crippen molar-refractivity contribution in [3.8, 4) is 11.8 Å². The Bertz CT molecular complexity index is 1070. The monoisotopic (exact) mass is 437 g/mol. The Balaban J connectivity index is 2.65. The molecule has 2 rings (SSSR count). The number of nitrogens with zero attached hydrogens (tertiary/aromatic N) is 4. The smallest absolute Gasteiger partial charge is 0.416 e. The van der Waals surface area contributed by atoms with Crippen LogP contribution in [0.1, 0.15) is 22.3 Å². The summed E-state index contributed by atoms with van der Waals surface area (Å²) < 4.78 is 44.3. The first-order valence-electron chi connectivity index (χ1n) is 8.37. The van der Waals surface area contributed by atoms with Gasteiger partial charge in [-0.05, 0) is 23.8 Å². The molecule has 0 fully saturated rings. The third kappa shape index (κ3) is 5.04. The Hall–Kier alpha value is -4.21. The summed E-state index contributed by atoms with van der Waals surface area (Å²) in [4.78, 5) is 20.5.